The van der Waals surface area contributed by atoms with Gasteiger partial charge in [0.15, 0.2) is 6.61 Å². The lowest BCUT2D eigenvalue weighted by molar-refractivity contribution is -0.118. The number of anilines is 1. The molecule has 1 N–H and O–H groups in total. The first-order chi connectivity index (χ1) is 9.52. The minimum Gasteiger partial charge on any atom is -0.484 e. The van der Waals surface area contributed by atoms with Gasteiger partial charge in [0.25, 0.3) is 5.91 Å². The van der Waals surface area contributed by atoms with Gasteiger partial charge in [0.05, 0.1) is 0 Å². The lowest BCUT2D eigenvalue weighted by Crippen LogP contribution is -2.20. The predicted molar refractivity (Wildman–Crippen MR) is 84.2 cm³/mol. The molecule has 104 valence electrons. The topological polar surface area (TPSA) is 38.3 Å². The molecule has 0 fully saturated rings. The molecule has 1 amide bonds. The predicted octanol–water partition coefficient (Wildman–Crippen LogP) is 4.08. The van der Waals surface area contributed by atoms with Crippen molar-refractivity contribution in [3.05, 3.63) is 58.1 Å². The molecule has 0 atom stereocenters. The van der Waals surface area contributed by atoms with Crippen LogP contribution in [0.25, 0.3) is 0 Å². The van der Waals surface area contributed by atoms with E-state index < -0.39 is 0 Å². The summed E-state index contributed by atoms with van der Waals surface area (Å²) in [6, 6.07) is 13.3. The zero-order chi connectivity index (χ0) is 14.5. The quantitative estimate of drug-likeness (QED) is 0.915. The number of aryl methyl sites for hydroxylation is 2. The average molecular weight is 334 g/mol. The number of carbonyl (C=O) groups is 1. The second-order valence-corrected chi connectivity index (χ2v) is 5.58. The van der Waals surface area contributed by atoms with E-state index >= 15 is 0 Å². The number of halogens is 1. The summed E-state index contributed by atoms with van der Waals surface area (Å²) in [4.78, 5) is 11.8. The minimum atomic E-state index is -0.169. The summed E-state index contributed by atoms with van der Waals surface area (Å²) in [5.41, 5.74) is 3.04. The van der Waals surface area contributed by atoms with Crippen LogP contribution in [0.5, 0.6) is 5.75 Å². The first-order valence-corrected chi connectivity index (χ1v) is 7.09. The second kappa shape index (κ2) is 6.57. The molecule has 0 saturated carbocycles. The SMILES string of the molecule is Cc1cc(C)cc(NC(=O)COc2ccc(Br)cc2)c1. The lowest BCUT2D eigenvalue weighted by Gasteiger charge is -2.09. The van der Waals surface area contributed by atoms with E-state index in [1.807, 2.05) is 50.2 Å². The molecule has 0 spiro atoms. The van der Waals surface area contributed by atoms with Crippen LogP contribution in [0.2, 0.25) is 0 Å². The third kappa shape index (κ3) is 4.38. The third-order valence-corrected chi connectivity index (χ3v) is 3.22. The first kappa shape index (κ1) is 14.6. The summed E-state index contributed by atoms with van der Waals surface area (Å²) in [5, 5.41) is 2.83. The number of ether oxygens (including phenoxy) is 1. The van der Waals surface area contributed by atoms with Crippen LogP contribution in [0.4, 0.5) is 5.69 Å². The van der Waals surface area contributed by atoms with Gasteiger partial charge in [-0.15, -0.1) is 0 Å². The van der Waals surface area contributed by atoms with Crippen LogP contribution < -0.4 is 10.1 Å². The van der Waals surface area contributed by atoms with Gasteiger partial charge in [0.1, 0.15) is 5.75 Å². The van der Waals surface area contributed by atoms with Crippen molar-refractivity contribution in [3.63, 3.8) is 0 Å². The highest BCUT2D eigenvalue weighted by Crippen LogP contribution is 2.16. The number of hydrogen-bond donors (Lipinski definition) is 1. The van der Waals surface area contributed by atoms with Gasteiger partial charge in [0.2, 0.25) is 0 Å². The monoisotopic (exact) mass is 333 g/mol. The van der Waals surface area contributed by atoms with Crippen LogP contribution in [0.15, 0.2) is 46.9 Å². The fourth-order valence-corrected chi connectivity index (χ4v) is 2.19. The van der Waals surface area contributed by atoms with E-state index in [1.54, 1.807) is 0 Å². The molecule has 0 bridgehead atoms. The Balaban J connectivity index is 1.90. The van der Waals surface area contributed by atoms with Crippen molar-refractivity contribution < 1.29 is 9.53 Å². The van der Waals surface area contributed by atoms with Crippen molar-refractivity contribution in [2.45, 2.75) is 13.8 Å². The number of rotatable bonds is 4. The van der Waals surface area contributed by atoms with Crippen molar-refractivity contribution in [3.8, 4) is 5.75 Å². The molecule has 2 aromatic carbocycles. The van der Waals surface area contributed by atoms with Crippen molar-refractivity contribution in [1.29, 1.82) is 0 Å². The van der Waals surface area contributed by atoms with E-state index in [0.29, 0.717) is 5.75 Å². The second-order valence-electron chi connectivity index (χ2n) is 4.67. The van der Waals surface area contributed by atoms with Gasteiger partial charge >= 0.3 is 0 Å². The van der Waals surface area contributed by atoms with Gasteiger partial charge in [-0.05, 0) is 61.4 Å². The molecule has 0 aliphatic carbocycles. The zero-order valence-corrected chi connectivity index (χ0v) is 13.0. The maximum atomic E-state index is 11.8. The van der Waals surface area contributed by atoms with Gasteiger partial charge in [-0.25, -0.2) is 0 Å². The first-order valence-electron chi connectivity index (χ1n) is 6.29. The minimum absolute atomic E-state index is 0.00534. The van der Waals surface area contributed by atoms with Crippen LogP contribution in [-0.2, 0) is 4.79 Å². The standard InChI is InChI=1S/C16H16BrNO2/c1-11-7-12(2)9-14(8-11)18-16(19)10-20-15-5-3-13(17)4-6-15/h3-9H,10H2,1-2H3,(H,18,19). The maximum absolute atomic E-state index is 11.8. The Kier molecular flexibility index (Phi) is 4.79. The van der Waals surface area contributed by atoms with Gasteiger partial charge in [-0.2, -0.15) is 0 Å². The van der Waals surface area contributed by atoms with E-state index in [2.05, 4.69) is 27.3 Å². The summed E-state index contributed by atoms with van der Waals surface area (Å²) in [6.45, 7) is 4.00. The van der Waals surface area contributed by atoms with Crippen molar-refractivity contribution in [2.75, 3.05) is 11.9 Å². The Morgan fingerprint density at radius 2 is 1.70 bits per heavy atom. The highest BCUT2D eigenvalue weighted by Gasteiger charge is 2.04. The van der Waals surface area contributed by atoms with Gasteiger partial charge < -0.3 is 10.1 Å². The normalized spacial score (nSPS) is 10.2. The third-order valence-electron chi connectivity index (χ3n) is 2.69. The highest BCUT2D eigenvalue weighted by atomic mass is 79.9. The summed E-state index contributed by atoms with van der Waals surface area (Å²) >= 11 is 3.35. The van der Waals surface area contributed by atoms with Gasteiger partial charge in [-0.3, -0.25) is 4.79 Å². The number of nitrogens with one attached hydrogen (secondary N) is 1. The summed E-state index contributed by atoms with van der Waals surface area (Å²) in [5.74, 6) is 0.502. The Labute approximate surface area is 127 Å². The van der Waals surface area contributed by atoms with Crippen molar-refractivity contribution in [1.82, 2.24) is 0 Å². The number of carbonyl (C=O) groups excluding carboxylic acids is 1. The molecule has 2 aromatic rings. The Morgan fingerprint density at radius 3 is 2.30 bits per heavy atom. The van der Waals surface area contributed by atoms with Crippen LogP contribution >= 0.6 is 15.9 Å². The maximum Gasteiger partial charge on any atom is 0.262 e. The zero-order valence-electron chi connectivity index (χ0n) is 11.4. The molecule has 0 radical (unpaired) electrons. The smallest absolute Gasteiger partial charge is 0.262 e. The van der Waals surface area contributed by atoms with Crippen molar-refractivity contribution >= 4 is 27.5 Å². The number of amides is 1. The van der Waals surface area contributed by atoms with E-state index in [-0.39, 0.29) is 12.5 Å². The average Bonchev–Trinajstić information content (AvgIpc) is 2.37. The Bertz CT molecular complexity index is 588. The fourth-order valence-electron chi connectivity index (χ4n) is 1.92. The summed E-state index contributed by atoms with van der Waals surface area (Å²) < 4.78 is 6.40. The van der Waals surface area contributed by atoms with E-state index in [9.17, 15) is 4.79 Å². The molecule has 0 aromatic heterocycles. The van der Waals surface area contributed by atoms with Gasteiger partial charge in [-0.1, -0.05) is 22.0 Å². The Morgan fingerprint density at radius 1 is 1.10 bits per heavy atom. The molecule has 0 heterocycles. The fraction of sp³-hybridized carbons (Fsp3) is 0.188. The summed E-state index contributed by atoms with van der Waals surface area (Å²) in [6.07, 6.45) is 0. The molecular weight excluding hydrogens is 318 g/mol. The molecule has 0 aliphatic rings. The Hall–Kier alpha value is -1.81. The largest absolute Gasteiger partial charge is 0.484 e. The molecular formula is C16H16BrNO2. The molecule has 0 unspecified atom stereocenters. The van der Waals surface area contributed by atoms with Gasteiger partial charge in [0, 0.05) is 10.2 Å². The van der Waals surface area contributed by atoms with Crippen LogP contribution in [-0.4, -0.2) is 12.5 Å². The molecule has 2 rings (SSSR count). The van der Waals surface area contributed by atoms with Crippen molar-refractivity contribution in [2.24, 2.45) is 0 Å². The van der Waals surface area contributed by atoms with Crippen LogP contribution in [0.3, 0.4) is 0 Å². The van der Waals surface area contributed by atoms with Crippen LogP contribution in [0, 0.1) is 13.8 Å². The number of benzene rings is 2. The van der Waals surface area contributed by atoms with E-state index in [1.165, 1.54) is 0 Å². The summed E-state index contributed by atoms with van der Waals surface area (Å²) in [7, 11) is 0. The highest BCUT2D eigenvalue weighted by molar-refractivity contribution is 9.10. The molecule has 20 heavy (non-hydrogen) atoms. The lowest BCUT2D eigenvalue weighted by atomic mass is 10.1. The molecule has 0 aliphatic heterocycles. The van der Waals surface area contributed by atoms with Crippen LogP contribution in [0.1, 0.15) is 11.1 Å². The number of hydrogen-bond acceptors (Lipinski definition) is 2. The molecule has 0 saturated heterocycles. The molecule has 3 nitrogen and oxygen atoms in total. The molecule has 4 heteroatoms. The van der Waals surface area contributed by atoms with E-state index in [0.717, 1.165) is 21.3 Å². The van der Waals surface area contributed by atoms with E-state index in [4.69, 9.17) is 4.74 Å².